The summed E-state index contributed by atoms with van der Waals surface area (Å²) in [6.45, 7) is 5.80. The van der Waals surface area contributed by atoms with Crippen LogP contribution >= 0.6 is 0 Å². The van der Waals surface area contributed by atoms with Crippen LogP contribution in [0.3, 0.4) is 0 Å². The standard InChI is InChI=1S/C30H32N8O/c1-20-25(12-8-21-6-9-22(31)10-7-21)29(39)38(23-4-2-3-5-23)28-26(20)19-34-30(36-28)35-27-13-11-24(18-33-27)37-16-14-32-15-17-37/h6-7,9-11,13,18-19,23,32H,2-5,14-17,31H2,1H3,(H,33,34,35,36). The summed E-state index contributed by atoms with van der Waals surface area (Å²) < 4.78 is 1.84. The van der Waals surface area contributed by atoms with Crippen molar-refractivity contribution in [2.24, 2.45) is 0 Å². The molecule has 1 aliphatic carbocycles. The number of hydrogen-bond acceptors (Lipinski definition) is 8. The van der Waals surface area contributed by atoms with Gasteiger partial charge in [-0.2, -0.15) is 4.98 Å². The predicted molar refractivity (Wildman–Crippen MR) is 155 cm³/mol. The number of pyridine rings is 2. The first kappa shape index (κ1) is 24.9. The summed E-state index contributed by atoms with van der Waals surface area (Å²) in [7, 11) is 0. The molecule has 1 saturated carbocycles. The van der Waals surface area contributed by atoms with Crippen LogP contribution in [0.1, 0.15) is 48.4 Å². The van der Waals surface area contributed by atoms with Gasteiger partial charge in [0.1, 0.15) is 11.5 Å². The quantitative estimate of drug-likeness (QED) is 0.275. The van der Waals surface area contributed by atoms with Crippen LogP contribution in [0.5, 0.6) is 0 Å². The highest BCUT2D eigenvalue weighted by Gasteiger charge is 2.24. The molecular weight excluding hydrogens is 488 g/mol. The average molecular weight is 521 g/mol. The van der Waals surface area contributed by atoms with Crippen LogP contribution < -0.4 is 26.8 Å². The monoisotopic (exact) mass is 520 g/mol. The molecule has 2 fully saturated rings. The van der Waals surface area contributed by atoms with Gasteiger partial charge >= 0.3 is 0 Å². The Kier molecular flexibility index (Phi) is 6.86. The highest BCUT2D eigenvalue weighted by atomic mass is 16.1. The SMILES string of the molecule is Cc1c(C#Cc2ccc(N)cc2)c(=O)n(C2CCCC2)c2nc(Nc3ccc(N4CCNCC4)cn3)ncc12. The van der Waals surface area contributed by atoms with Gasteiger partial charge in [-0.1, -0.05) is 24.7 Å². The van der Waals surface area contributed by atoms with Gasteiger partial charge in [-0.25, -0.2) is 9.97 Å². The Hall–Kier alpha value is -4.42. The number of nitrogens with one attached hydrogen (secondary N) is 2. The topological polar surface area (TPSA) is 114 Å². The van der Waals surface area contributed by atoms with E-state index in [0.717, 1.165) is 74.1 Å². The highest BCUT2D eigenvalue weighted by Crippen LogP contribution is 2.32. The van der Waals surface area contributed by atoms with Crippen LogP contribution in [0, 0.1) is 18.8 Å². The van der Waals surface area contributed by atoms with Crippen molar-refractivity contribution in [3.8, 4) is 11.8 Å². The fourth-order valence-electron chi connectivity index (χ4n) is 5.43. The van der Waals surface area contributed by atoms with Crippen molar-refractivity contribution in [3.63, 3.8) is 0 Å². The van der Waals surface area contributed by atoms with Crippen molar-refractivity contribution in [1.29, 1.82) is 0 Å². The van der Waals surface area contributed by atoms with E-state index in [0.29, 0.717) is 28.7 Å². The number of piperazine rings is 1. The molecule has 39 heavy (non-hydrogen) atoms. The maximum absolute atomic E-state index is 13.9. The number of aromatic nitrogens is 4. The van der Waals surface area contributed by atoms with E-state index in [1.54, 1.807) is 6.20 Å². The molecule has 1 saturated heterocycles. The Morgan fingerprint density at radius 1 is 1.00 bits per heavy atom. The minimum absolute atomic E-state index is 0.0943. The van der Waals surface area contributed by atoms with Crippen molar-refractivity contribution in [2.45, 2.75) is 38.6 Å². The number of rotatable bonds is 4. The van der Waals surface area contributed by atoms with E-state index < -0.39 is 0 Å². The Labute approximate surface area is 227 Å². The molecule has 0 amide bonds. The van der Waals surface area contributed by atoms with Gasteiger partial charge in [-0.05, 0) is 61.7 Å². The summed E-state index contributed by atoms with van der Waals surface area (Å²) in [5.41, 5.74) is 10.2. The molecule has 0 unspecified atom stereocenters. The van der Waals surface area contributed by atoms with Crippen LogP contribution in [0.25, 0.3) is 11.0 Å². The second-order valence-electron chi connectivity index (χ2n) is 10.2. The molecule has 1 aromatic carbocycles. The van der Waals surface area contributed by atoms with Crippen molar-refractivity contribution >= 4 is 34.2 Å². The Morgan fingerprint density at radius 2 is 1.77 bits per heavy atom. The molecule has 4 aromatic rings. The van der Waals surface area contributed by atoms with Crippen LogP contribution in [0.15, 0.2) is 53.6 Å². The van der Waals surface area contributed by atoms with E-state index in [4.69, 9.17) is 10.7 Å². The van der Waals surface area contributed by atoms with E-state index in [9.17, 15) is 4.79 Å². The van der Waals surface area contributed by atoms with Crippen LogP contribution in [-0.2, 0) is 0 Å². The zero-order valence-electron chi connectivity index (χ0n) is 22.1. The minimum Gasteiger partial charge on any atom is -0.399 e. The Morgan fingerprint density at radius 3 is 2.49 bits per heavy atom. The molecule has 0 atom stereocenters. The van der Waals surface area contributed by atoms with Gasteiger partial charge in [0, 0.05) is 55.1 Å². The Bertz CT molecular complexity index is 1600. The van der Waals surface area contributed by atoms with Gasteiger partial charge in [0.15, 0.2) is 0 Å². The van der Waals surface area contributed by atoms with E-state index in [1.165, 1.54) is 0 Å². The smallest absolute Gasteiger partial charge is 0.268 e. The Balaban J connectivity index is 1.36. The molecule has 198 valence electrons. The van der Waals surface area contributed by atoms with E-state index in [1.807, 2.05) is 48.0 Å². The van der Waals surface area contributed by atoms with Crippen molar-refractivity contribution < 1.29 is 0 Å². The lowest BCUT2D eigenvalue weighted by Gasteiger charge is -2.29. The molecule has 0 bridgehead atoms. The zero-order chi connectivity index (χ0) is 26.8. The number of hydrogen-bond donors (Lipinski definition) is 3. The molecule has 1 aliphatic heterocycles. The molecule has 4 heterocycles. The van der Waals surface area contributed by atoms with Crippen LogP contribution in [-0.4, -0.2) is 45.7 Å². The molecule has 3 aromatic heterocycles. The molecule has 0 radical (unpaired) electrons. The summed E-state index contributed by atoms with van der Waals surface area (Å²) in [6.07, 6.45) is 7.75. The minimum atomic E-state index is -0.0991. The summed E-state index contributed by atoms with van der Waals surface area (Å²) >= 11 is 0. The highest BCUT2D eigenvalue weighted by molar-refractivity contribution is 5.82. The molecule has 4 N–H and O–H groups in total. The molecule has 0 spiro atoms. The van der Waals surface area contributed by atoms with E-state index >= 15 is 0 Å². The van der Waals surface area contributed by atoms with E-state index in [2.05, 4.69) is 43.4 Å². The number of nitrogens with zero attached hydrogens (tertiary/aromatic N) is 5. The summed E-state index contributed by atoms with van der Waals surface area (Å²) in [5, 5.41) is 7.43. The second-order valence-corrected chi connectivity index (χ2v) is 10.2. The third-order valence-electron chi connectivity index (χ3n) is 7.61. The molecule has 2 aliphatic rings. The van der Waals surface area contributed by atoms with Crippen LogP contribution in [0.4, 0.5) is 23.1 Å². The normalized spacial score (nSPS) is 15.8. The number of fused-ring (bicyclic) bond motifs is 1. The largest absolute Gasteiger partial charge is 0.399 e. The van der Waals surface area contributed by atoms with Crippen molar-refractivity contribution in [1.82, 2.24) is 24.8 Å². The summed E-state index contributed by atoms with van der Waals surface area (Å²) in [5.74, 6) is 7.35. The summed E-state index contributed by atoms with van der Waals surface area (Å²) in [4.78, 5) is 30.2. The third kappa shape index (κ3) is 5.16. The zero-order valence-corrected chi connectivity index (χ0v) is 22.1. The predicted octanol–water partition coefficient (Wildman–Crippen LogP) is 3.75. The number of anilines is 4. The fraction of sp³-hybridized carbons (Fsp3) is 0.333. The lowest BCUT2D eigenvalue weighted by molar-refractivity contribution is 0.515. The third-order valence-corrected chi connectivity index (χ3v) is 7.61. The first-order valence-electron chi connectivity index (χ1n) is 13.5. The lowest BCUT2D eigenvalue weighted by atomic mass is 10.1. The van der Waals surface area contributed by atoms with Gasteiger partial charge in [0.25, 0.3) is 5.56 Å². The number of nitrogens with two attached hydrogens (primary N) is 1. The number of nitrogen functional groups attached to an aromatic ring is 1. The average Bonchev–Trinajstić information content (AvgIpc) is 3.49. The van der Waals surface area contributed by atoms with Crippen LogP contribution in [0.2, 0.25) is 0 Å². The first-order valence-corrected chi connectivity index (χ1v) is 13.5. The van der Waals surface area contributed by atoms with Gasteiger partial charge < -0.3 is 21.3 Å². The lowest BCUT2D eigenvalue weighted by Crippen LogP contribution is -2.43. The molecular formula is C30H32N8O. The fourth-order valence-corrected chi connectivity index (χ4v) is 5.43. The maximum Gasteiger partial charge on any atom is 0.268 e. The number of benzene rings is 1. The van der Waals surface area contributed by atoms with Gasteiger partial charge in [-0.3, -0.25) is 9.36 Å². The van der Waals surface area contributed by atoms with Gasteiger partial charge in [0.05, 0.1) is 17.4 Å². The van der Waals surface area contributed by atoms with Gasteiger partial charge in [-0.15, -0.1) is 0 Å². The second kappa shape index (κ2) is 10.8. The molecule has 9 nitrogen and oxygen atoms in total. The van der Waals surface area contributed by atoms with Crippen molar-refractivity contribution in [2.75, 3.05) is 42.1 Å². The molecule has 6 rings (SSSR count). The number of aryl methyl sites for hydroxylation is 1. The summed E-state index contributed by atoms with van der Waals surface area (Å²) in [6, 6.07) is 11.4. The van der Waals surface area contributed by atoms with Crippen molar-refractivity contribution in [3.05, 3.63) is 75.8 Å². The van der Waals surface area contributed by atoms with E-state index in [-0.39, 0.29) is 11.6 Å². The maximum atomic E-state index is 13.9. The van der Waals surface area contributed by atoms with Gasteiger partial charge in [0.2, 0.25) is 5.95 Å². The first-order chi connectivity index (χ1) is 19.1. The molecule has 9 heteroatoms.